The second kappa shape index (κ2) is 6.34. The van der Waals surface area contributed by atoms with Gasteiger partial charge in [-0.15, -0.1) is 0 Å². The molecule has 0 fully saturated rings. The van der Waals surface area contributed by atoms with Crippen LogP contribution in [0.3, 0.4) is 0 Å². The summed E-state index contributed by atoms with van der Waals surface area (Å²) in [6, 6.07) is 10.3. The van der Waals surface area contributed by atoms with E-state index in [2.05, 4.69) is 0 Å². The Hall–Kier alpha value is -0.440. The number of benzene rings is 2. The van der Waals surface area contributed by atoms with E-state index in [-0.39, 0.29) is 0 Å². The lowest BCUT2D eigenvalue weighted by Crippen LogP contribution is -2.03. The summed E-state index contributed by atoms with van der Waals surface area (Å²) in [6.45, 7) is 0. The topological polar surface area (TPSA) is 20.2 Å². The van der Waals surface area contributed by atoms with Gasteiger partial charge < -0.3 is 5.11 Å². The number of rotatable bonds is 3. The predicted molar refractivity (Wildman–Crippen MR) is 81.6 cm³/mol. The van der Waals surface area contributed by atoms with Crippen molar-refractivity contribution in [2.45, 2.75) is 12.5 Å². The second-order valence-corrected chi connectivity index (χ2v) is 5.73. The Morgan fingerprint density at radius 1 is 0.842 bits per heavy atom. The molecule has 5 heteroatoms. The van der Waals surface area contributed by atoms with Gasteiger partial charge in [0, 0.05) is 22.0 Å². The molecule has 0 radical (unpaired) electrons. The zero-order valence-corrected chi connectivity index (χ0v) is 12.7. The smallest absolute Gasteiger partial charge is 0.0859 e. The predicted octanol–water partition coefficient (Wildman–Crippen LogP) is 5.58. The van der Waals surface area contributed by atoms with E-state index in [0.717, 1.165) is 5.56 Å². The van der Waals surface area contributed by atoms with Crippen LogP contribution in [-0.2, 0) is 6.42 Å². The molecule has 1 atom stereocenters. The third kappa shape index (κ3) is 3.56. The summed E-state index contributed by atoms with van der Waals surface area (Å²) < 4.78 is 0. The van der Waals surface area contributed by atoms with Gasteiger partial charge >= 0.3 is 0 Å². The van der Waals surface area contributed by atoms with Crippen LogP contribution < -0.4 is 0 Å². The Morgan fingerprint density at radius 3 is 2.05 bits per heavy atom. The lowest BCUT2D eigenvalue weighted by atomic mass is 10.0. The third-order valence-corrected chi connectivity index (χ3v) is 4.14. The molecule has 0 amide bonds. The Labute approximate surface area is 131 Å². The van der Waals surface area contributed by atoms with Crippen molar-refractivity contribution in [3.05, 3.63) is 67.6 Å². The van der Waals surface area contributed by atoms with Crippen LogP contribution in [0.2, 0.25) is 20.1 Å². The van der Waals surface area contributed by atoms with Crippen LogP contribution in [0.25, 0.3) is 0 Å². The quantitative estimate of drug-likeness (QED) is 0.776. The first-order valence-corrected chi connectivity index (χ1v) is 7.06. The van der Waals surface area contributed by atoms with E-state index in [9.17, 15) is 5.11 Å². The molecule has 0 spiro atoms. The van der Waals surface area contributed by atoms with Crippen molar-refractivity contribution in [3.8, 4) is 0 Å². The SMILES string of the molecule is OC(Cc1ccc(Cl)c(Cl)c1)c1c(Cl)cccc1Cl. The molecular weight excluding hydrogens is 326 g/mol. The zero-order chi connectivity index (χ0) is 14.0. The Balaban J connectivity index is 2.25. The van der Waals surface area contributed by atoms with Gasteiger partial charge in [0.1, 0.15) is 0 Å². The van der Waals surface area contributed by atoms with Crippen LogP contribution in [0.5, 0.6) is 0 Å². The van der Waals surface area contributed by atoms with Crippen molar-refractivity contribution in [1.82, 2.24) is 0 Å². The second-order valence-electron chi connectivity index (χ2n) is 4.10. The highest BCUT2D eigenvalue weighted by molar-refractivity contribution is 6.42. The summed E-state index contributed by atoms with van der Waals surface area (Å²) in [5.74, 6) is 0. The van der Waals surface area contributed by atoms with E-state index in [1.54, 1.807) is 30.3 Å². The maximum atomic E-state index is 10.3. The number of aliphatic hydroxyl groups excluding tert-OH is 1. The highest BCUT2D eigenvalue weighted by Gasteiger charge is 2.16. The van der Waals surface area contributed by atoms with Crippen molar-refractivity contribution in [3.63, 3.8) is 0 Å². The van der Waals surface area contributed by atoms with Crippen LogP contribution in [0.4, 0.5) is 0 Å². The maximum Gasteiger partial charge on any atom is 0.0859 e. The first kappa shape index (κ1) is 15.0. The summed E-state index contributed by atoms with van der Waals surface area (Å²) >= 11 is 23.9. The van der Waals surface area contributed by atoms with Crippen molar-refractivity contribution < 1.29 is 5.11 Å². The average Bonchev–Trinajstić information content (AvgIpc) is 2.33. The van der Waals surface area contributed by atoms with E-state index in [4.69, 9.17) is 46.4 Å². The van der Waals surface area contributed by atoms with Crippen molar-refractivity contribution >= 4 is 46.4 Å². The fraction of sp³-hybridized carbons (Fsp3) is 0.143. The van der Waals surface area contributed by atoms with Gasteiger partial charge in [0.25, 0.3) is 0 Å². The van der Waals surface area contributed by atoms with Crippen LogP contribution in [-0.4, -0.2) is 5.11 Å². The van der Waals surface area contributed by atoms with Gasteiger partial charge in [-0.2, -0.15) is 0 Å². The summed E-state index contributed by atoms with van der Waals surface area (Å²) in [6.07, 6.45) is -0.432. The van der Waals surface area contributed by atoms with Crippen molar-refractivity contribution in [2.75, 3.05) is 0 Å². The average molecular weight is 336 g/mol. The summed E-state index contributed by atoms with van der Waals surface area (Å²) in [7, 11) is 0. The molecule has 0 aliphatic heterocycles. The van der Waals surface area contributed by atoms with E-state index in [0.29, 0.717) is 32.1 Å². The molecule has 0 saturated heterocycles. The zero-order valence-electron chi connectivity index (χ0n) is 9.71. The number of hydrogen-bond donors (Lipinski definition) is 1. The van der Waals surface area contributed by atoms with E-state index >= 15 is 0 Å². The molecule has 1 nitrogen and oxygen atoms in total. The Morgan fingerprint density at radius 2 is 1.47 bits per heavy atom. The first-order valence-electron chi connectivity index (χ1n) is 5.55. The van der Waals surface area contributed by atoms with Gasteiger partial charge in [0.2, 0.25) is 0 Å². The van der Waals surface area contributed by atoms with E-state index in [1.165, 1.54) is 0 Å². The highest BCUT2D eigenvalue weighted by Crippen LogP contribution is 2.33. The molecule has 2 rings (SSSR count). The van der Waals surface area contributed by atoms with Gasteiger partial charge in [0.15, 0.2) is 0 Å². The molecule has 0 aliphatic rings. The fourth-order valence-electron chi connectivity index (χ4n) is 1.82. The number of aliphatic hydroxyl groups is 1. The standard InChI is InChI=1S/C14H10Cl4O/c15-9-5-4-8(6-12(9)18)7-13(19)14-10(16)2-1-3-11(14)17/h1-6,13,19H,7H2. The molecule has 0 aliphatic carbocycles. The van der Waals surface area contributed by atoms with Crippen molar-refractivity contribution in [1.29, 1.82) is 0 Å². The molecule has 0 bridgehead atoms. The highest BCUT2D eigenvalue weighted by atomic mass is 35.5. The summed E-state index contributed by atoms with van der Waals surface area (Å²) in [5, 5.41) is 12.1. The Bertz CT molecular complexity index is 578. The lowest BCUT2D eigenvalue weighted by Gasteiger charge is -2.14. The first-order chi connectivity index (χ1) is 8.99. The summed E-state index contributed by atoms with van der Waals surface area (Å²) in [4.78, 5) is 0. The lowest BCUT2D eigenvalue weighted by molar-refractivity contribution is 0.178. The minimum atomic E-state index is -0.793. The molecule has 1 unspecified atom stereocenters. The Kier molecular flexibility index (Phi) is 4.99. The number of hydrogen-bond acceptors (Lipinski definition) is 1. The van der Waals surface area contributed by atoms with E-state index < -0.39 is 6.10 Å². The normalized spacial score (nSPS) is 12.5. The minimum absolute atomic E-state index is 0.361. The fourth-order valence-corrected chi connectivity index (χ4v) is 2.79. The van der Waals surface area contributed by atoms with Gasteiger partial charge in [-0.3, -0.25) is 0 Å². The molecule has 0 heterocycles. The molecular formula is C14H10Cl4O. The molecule has 2 aromatic rings. The van der Waals surface area contributed by atoms with Crippen LogP contribution >= 0.6 is 46.4 Å². The van der Waals surface area contributed by atoms with E-state index in [1.807, 2.05) is 6.07 Å². The van der Waals surface area contributed by atoms with Gasteiger partial charge in [-0.25, -0.2) is 0 Å². The summed E-state index contributed by atoms with van der Waals surface area (Å²) in [5.41, 5.74) is 1.38. The molecule has 0 saturated carbocycles. The largest absolute Gasteiger partial charge is 0.388 e. The molecule has 1 N–H and O–H groups in total. The van der Waals surface area contributed by atoms with Crippen LogP contribution in [0.1, 0.15) is 17.2 Å². The third-order valence-electron chi connectivity index (χ3n) is 2.75. The monoisotopic (exact) mass is 334 g/mol. The van der Waals surface area contributed by atoms with Gasteiger partial charge in [0.05, 0.1) is 16.1 Å². The molecule has 100 valence electrons. The van der Waals surface area contributed by atoms with Crippen molar-refractivity contribution in [2.24, 2.45) is 0 Å². The molecule has 0 aromatic heterocycles. The van der Waals surface area contributed by atoms with Gasteiger partial charge in [-0.1, -0.05) is 58.5 Å². The van der Waals surface area contributed by atoms with Crippen LogP contribution in [0.15, 0.2) is 36.4 Å². The van der Waals surface area contributed by atoms with Crippen LogP contribution in [0, 0.1) is 0 Å². The molecule has 19 heavy (non-hydrogen) atoms. The minimum Gasteiger partial charge on any atom is -0.388 e. The van der Waals surface area contributed by atoms with Gasteiger partial charge in [-0.05, 0) is 29.8 Å². The molecule has 2 aromatic carbocycles. The maximum absolute atomic E-state index is 10.3. The number of halogens is 4.